The Kier molecular flexibility index (Phi) is 14.2. The second-order valence-electron chi connectivity index (χ2n) is 6.68. The first-order valence-electron chi connectivity index (χ1n) is 8.60. The van der Waals surface area contributed by atoms with Gasteiger partial charge >= 0.3 is 5.97 Å². The number of benzene rings is 1. The van der Waals surface area contributed by atoms with Crippen LogP contribution in [0, 0.1) is 5.92 Å². The highest BCUT2D eigenvalue weighted by Crippen LogP contribution is 2.12. The van der Waals surface area contributed by atoms with E-state index in [1.54, 1.807) is 0 Å². The molecule has 0 unspecified atom stereocenters. The molecule has 0 saturated carbocycles. The summed E-state index contributed by atoms with van der Waals surface area (Å²) < 4.78 is 11.6. The Balaban J connectivity index is 0. The smallest absolute Gasteiger partial charge is 0.308 e. The molecule has 24 heavy (non-hydrogen) atoms. The van der Waals surface area contributed by atoms with E-state index < -0.39 is 0 Å². The fourth-order valence-electron chi connectivity index (χ4n) is 1.31. The van der Waals surface area contributed by atoms with Gasteiger partial charge in [-0.2, -0.15) is 0 Å². The Morgan fingerprint density at radius 3 is 2.00 bits per heavy atom. The fourth-order valence-corrected chi connectivity index (χ4v) is 1.76. The Hall–Kier alpha value is -0.870. The molecule has 1 aromatic rings. The zero-order chi connectivity index (χ0) is 19.3. The average molecular weight is 403 g/mol. The van der Waals surface area contributed by atoms with Crippen molar-refractivity contribution in [2.75, 3.05) is 0 Å². The number of rotatable bonds is 4. The van der Waals surface area contributed by atoms with Gasteiger partial charge in [0.15, 0.2) is 0 Å². The minimum absolute atomic E-state index is 0.0285. The molecule has 4 heteroatoms. The Bertz CT molecular complexity index is 448. The van der Waals surface area contributed by atoms with Crippen molar-refractivity contribution < 1.29 is 14.3 Å². The molecular weight excluding hydrogens is 368 g/mol. The highest BCUT2D eigenvalue weighted by molar-refractivity contribution is 9.10. The van der Waals surface area contributed by atoms with E-state index in [2.05, 4.69) is 28.1 Å². The van der Waals surface area contributed by atoms with Crippen molar-refractivity contribution in [3.63, 3.8) is 0 Å². The van der Waals surface area contributed by atoms with E-state index in [4.69, 9.17) is 9.47 Å². The molecule has 1 aromatic carbocycles. The van der Waals surface area contributed by atoms with Crippen LogP contribution in [0.2, 0.25) is 0 Å². The maximum atomic E-state index is 10.9. The predicted molar refractivity (Wildman–Crippen MR) is 106 cm³/mol. The van der Waals surface area contributed by atoms with Crippen molar-refractivity contribution in [1.82, 2.24) is 0 Å². The molecule has 0 N–H and O–H groups in total. The summed E-state index contributed by atoms with van der Waals surface area (Å²) in [6.45, 7) is 18.0. The zero-order valence-corrected chi connectivity index (χ0v) is 18.4. The van der Waals surface area contributed by atoms with E-state index >= 15 is 0 Å². The molecule has 0 fully saturated rings. The molecule has 0 aliphatic rings. The van der Waals surface area contributed by atoms with Crippen LogP contribution < -0.4 is 0 Å². The Morgan fingerprint density at radius 1 is 1.12 bits per heavy atom. The molecule has 0 amide bonds. The van der Waals surface area contributed by atoms with Crippen molar-refractivity contribution in [3.05, 3.63) is 34.3 Å². The lowest BCUT2D eigenvalue weighted by atomic mass is 10.1. The van der Waals surface area contributed by atoms with Crippen LogP contribution in [0.1, 0.15) is 67.9 Å². The van der Waals surface area contributed by atoms with Gasteiger partial charge in [-0.3, -0.25) is 4.79 Å². The Labute approximate surface area is 157 Å². The first kappa shape index (κ1) is 25.4. The summed E-state index contributed by atoms with van der Waals surface area (Å²) in [7, 11) is 0. The largest absolute Gasteiger partial charge is 0.460 e. The van der Waals surface area contributed by atoms with Crippen molar-refractivity contribution >= 4 is 21.9 Å². The number of halogens is 1. The van der Waals surface area contributed by atoms with Gasteiger partial charge < -0.3 is 9.47 Å². The molecule has 140 valence electrons. The molecule has 0 spiro atoms. The number of hydrogen-bond donors (Lipinski definition) is 0. The van der Waals surface area contributed by atoms with E-state index in [0.717, 1.165) is 4.47 Å². The van der Waals surface area contributed by atoms with Crippen LogP contribution in [-0.4, -0.2) is 17.7 Å². The third kappa shape index (κ3) is 16.0. The van der Waals surface area contributed by atoms with Crippen LogP contribution in [-0.2, 0) is 20.9 Å². The molecule has 0 heterocycles. The lowest BCUT2D eigenvalue weighted by molar-refractivity contribution is -0.158. The van der Waals surface area contributed by atoms with Gasteiger partial charge in [-0.25, -0.2) is 0 Å². The predicted octanol–water partition coefficient (Wildman–Crippen LogP) is 6.38. The van der Waals surface area contributed by atoms with Crippen LogP contribution >= 0.6 is 15.9 Å². The summed E-state index contributed by atoms with van der Waals surface area (Å²) in [5, 5.41) is 0. The molecule has 3 nitrogen and oxygen atoms in total. The van der Waals surface area contributed by atoms with Crippen LogP contribution in [0.5, 0.6) is 0 Å². The zero-order valence-electron chi connectivity index (χ0n) is 16.8. The SMILES string of the molecule is CC.CC(C)C(=O)OC(C)(C)C.CC(C)OCc1cccc(Br)c1. The molecule has 0 radical (unpaired) electrons. The lowest BCUT2D eigenvalue weighted by Gasteiger charge is -2.20. The second-order valence-corrected chi connectivity index (χ2v) is 7.59. The van der Waals surface area contributed by atoms with E-state index in [0.29, 0.717) is 12.7 Å². The van der Waals surface area contributed by atoms with E-state index in [1.807, 2.05) is 74.4 Å². The number of carbonyl (C=O) groups excluding carboxylic acids is 1. The standard InChI is InChI=1S/C10H13BrO.C8H16O2.C2H6/c1-8(2)12-7-9-4-3-5-10(11)6-9;1-6(2)7(9)10-8(3,4)5;1-2/h3-6,8H,7H2,1-2H3;6H,1-5H3;1-2H3. The highest BCUT2D eigenvalue weighted by Gasteiger charge is 2.18. The maximum absolute atomic E-state index is 10.9. The van der Waals surface area contributed by atoms with Gasteiger partial charge in [0.2, 0.25) is 0 Å². The summed E-state index contributed by atoms with van der Waals surface area (Å²) in [6.07, 6.45) is 0.295. The molecule has 1 rings (SSSR count). The van der Waals surface area contributed by atoms with Gasteiger partial charge in [0, 0.05) is 4.47 Å². The van der Waals surface area contributed by atoms with Gasteiger partial charge in [0.05, 0.1) is 18.6 Å². The van der Waals surface area contributed by atoms with Crippen LogP contribution in [0.15, 0.2) is 28.7 Å². The maximum Gasteiger partial charge on any atom is 0.308 e. The third-order valence-corrected chi connectivity index (χ3v) is 2.84. The molecule has 0 aliphatic carbocycles. The second kappa shape index (κ2) is 13.4. The average Bonchev–Trinajstić information content (AvgIpc) is 2.46. The molecule has 0 bridgehead atoms. The summed E-state index contributed by atoms with van der Waals surface area (Å²) in [4.78, 5) is 10.9. The molecule has 0 atom stereocenters. The topological polar surface area (TPSA) is 35.5 Å². The number of hydrogen-bond acceptors (Lipinski definition) is 3. The normalized spacial score (nSPS) is 10.5. The Morgan fingerprint density at radius 2 is 1.67 bits per heavy atom. The van der Waals surface area contributed by atoms with Gasteiger partial charge in [-0.15, -0.1) is 0 Å². The first-order valence-corrected chi connectivity index (χ1v) is 9.39. The lowest BCUT2D eigenvalue weighted by Crippen LogP contribution is -2.26. The van der Waals surface area contributed by atoms with Crippen molar-refractivity contribution in [2.45, 2.75) is 80.6 Å². The fraction of sp³-hybridized carbons (Fsp3) is 0.650. The van der Waals surface area contributed by atoms with Crippen LogP contribution in [0.25, 0.3) is 0 Å². The molecule has 0 aromatic heterocycles. The monoisotopic (exact) mass is 402 g/mol. The molecular formula is C20H35BrO3. The summed E-state index contributed by atoms with van der Waals surface area (Å²) >= 11 is 3.41. The van der Waals surface area contributed by atoms with Gasteiger partial charge in [0.1, 0.15) is 5.60 Å². The quantitative estimate of drug-likeness (QED) is 0.547. The third-order valence-electron chi connectivity index (χ3n) is 2.35. The molecule has 0 saturated heterocycles. The minimum Gasteiger partial charge on any atom is -0.460 e. The van der Waals surface area contributed by atoms with Crippen LogP contribution in [0.3, 0.4) is 0 Å². The summed E-state index contributed by atoms with van der Waals surface area (Å²) in [5.41, 5.74) is 0.861. The number of carbonyl (C=O) groups is 1. The number of ether oxygens (including phenoxy) is 2. The minimum atomic E-state index is -0.346. The van der Waals surface area contributed by atoms with Gasteiger partial charge in [0.25, 0.3) is 0 Å². The van der Waals surface area contributed by atoms with Crippen molar-refractivity contribution in [3.8, 4) is 0 Å². The first-order chi connectivity index (χ1) is 11.0. The summed E-state index contributed by atoms with van der Waals surface area (Å²) in [6, 6.07) is 8.16. The van der Waals surface area contributed by atoms with Gasteiger partial charge in [-0.05, 0) is 52.3 Å². The van der Waals surface area contributed by atoms with E-state index in [-0.39, 0.29) is 17.5 Å². The van der Waals surface area contributed by atoms with Gasteiger partial charge in [-0.1, -0.05) is 55.8 Å². The number of esters is 1. The van der Waals surface area contributed by atoms with E-state index in [9.17, 15) is 4.79 Å². The highest BCUT2D eigenvalue weighted by atomic mass is 79.9. The van der Waals surface area contributed by atoms with E-state index in [1.165, 1.54) is 5.56 Å². The van der Waals surface area contributed by atoms with Crippen molar-refractivity contribution in [1.29, 1.82) is 0 Å². The van der Waals surface area contributed by atoms with Crippen LogP contribution in [0.4, 0.5) is 0 Å². The van der Waals surface area contributed by atoms with Crippen molar-refractivity contribution in [2.24, 2.45) is 5.92 Å². The summed E-state index contributed by atoms with van der Waals surface area (Å²) in [5.74, 6) is -0.160. The molecule has 0 aliphatic heterocycles.